The fourth-order valence-corrected chi connectivity index (χ4v) is 4.06. The maximum atomic E-state index is 13.5. The van der Waals surface area contributed by atoms with E-state index < -0.39 is 0 Å². The maximum absolute atomic E-state index is 13.5. The van der Waals surface area contributed by atoms with Gasteiger partial charge >= 0.3 is 0 Å². The molecule has 0 aliphatic carbocycles. The molecule has 0 radical (unpaired) electrons. The van der Waals surface area contributed by atoms with Gasteiger partial charge in [0.1, 0.15) is 0 Å². The molecule has 0 bridgehead atoms. The lowest BCUT2D eigenvalue weighted by molar-refractivity contribution is -0.110. The molecular formula is C12H23FN2OS. The Hall–Kier alpha value is -0.290. The van der Waals surface area contributed by atoms with Crippen molar-refractivity contribution < 1.29 is 9.28 Å². The third-order valence-electron chi connectivity index (χ3n) is 3.32. The lowest BCUT2D eigenvalue weighted by atomic mass is 10.0. The zero-order valence-electron chi connectivity index (χ0n) is 10.7. The number of rotatable bonds is 8. The van der Waals surface area contributed by atoms with Crippen LogP contribution in [0.4, 0.5) is 4.48 Å². The van der Waals surface area contributed by atoms with Crippen LogP contribution in [0.25, 0.3) is 0 Å². The van der Waals surface area contributed by atoms with Gasteiger partial charge in [0.05, 0.1) is 12.1 Å². The molecule has 0 aromatic carbocycles. The van der Waals surface area contributed by atoms with Gasteiger partial charge in [0.2, 0.25) is 6.41 Å². The van der Waals surface area contributed by atoms with Crippen LogP contribution < -0.4 is 5.32 Å². The van der Waals surface area contributed by atoms with Crippen molar-refractivity contribution in [2.24, 2.45) is 0 Å². The Morgan fingerprint density at radius 3 is 2.82 bits per heavy atom. The topological polar surface area (TPSA) is 32.3 Å². The van der Waals surface area contributed by atoms with E-state index in [4.69, 9.17) is 0 Å². The summed E-state index contributed by atoms with van der Waals surface area (Å²) in [6.07, 6.45) is 6.58. The van der Waals surface area contributed by atoms with Gasteiger partial charge in [0, 0.05) is 18.1 Å². The molecule has 17 heavy (non-hydrogen) atoms. The minimum atomic E-state index is -0.174. The standard InChI is InChI=1S/C12H23FN2OS/c1-3-4-5-6-7-11-12(15(2)13)10(8-17-11)14-9-16/h9-12H,3-8H2,1-2H3,(H,14,16). The van der Waals surface area contributed by atoms with Crippen molar-refractivity contribution in [1.82, 2.24) is 10.4 Å². The number of thioether (sulfide) groups is 1. The van der Waals surface area contributed by atoms with Crippen molar-refractivity contribution in [2.45, 2.75) is 56.4 Å². The highest BCUT2D eigenvalue weighted by Gasteiger charge is 2.39. The summed E-state index contributed by atoms with van der Waals surface area (Å²) >= 11 is 1.78. The van der Waals surface area contributed by atoms with Crippen LogP contribution >= 0.6 is 11.8 Å². The molecule has 3 atom stereocenters. The van der Waals surface area contributed by atoms with Crippen LogP contribution in [0, 0.1) is 0 Å². The number of carbonyl (C=O) groups excluding carboxylic acids is 1. The lowest BCUT2D eigenvalue weighted by Crippen LogP contribution is -2.47. The number of hydrogen-bond acceptors (Lipinski definition) is 3. The highest BCUT2D eigenvalue weighted by atomic mass is 32.2. The predicted molar refractivity (Wildman–Crippen MR) is 70.7 cm³/mol. The Kier molecular flexibility index (Phi) is 6.89. The lowest BCUT2D eigenvalue weighted by Gasteiger charge is -2.26. The van der Waals surface area contributed by atoms with Crippen molar-refractivity contribution in [2.75, 3.05) is 12.8 Å². The van der Waals surface area contributed by atoms with E-state index in [0.29, 0.717) is 11.7 Å². The van der Waals surface area contributed by atoms with E-state index in [1.54, 1.807) is 11.8 Å². The zero-order chi connectivity index (χ0) is 12.7. The Morgan fingerprint density at radius 1 is 1.47 bits per heavy atom. The number of likely N-dealkylation sites (N-methyl/N-ethyl adjacent to an activating group) is 1. The van der Waals surface area contributed by atoms with Gasteiger partial charge in [-0.15, -0.1) is 9.60 Å². The molecule has 100 valence electrons. The number of unbranched alkanes of at least 4 members (excludes halogenated alkanes) is 3. The normalized spacial score (nSPS) is 28.6. The first-order chi connectivity index (χ1) is 8.20. The first-order valence-corrected chi connectivity index (χ1v) is 7.45. The number of carbonyl (C=O) groups is 1. The smallest absolute Gasteiger partial charge is 0.207 e. The summed E-state index contributed by atoms with van der Waals surface area (Å²) in [5.74, 6) is 0.816. The van der Waals surface area contributed by atoms with Gasteiger partial charge < -0.3 is 5.32 Å². The Labute approximate surface area is 107 Å². The average Bonchev–Trinajstić information content (AvgIpc) is 2.68. The Balaban J connectivity index is 2.39. The van der Waals surface area contributed by atoms with Crippen LogP contribution in [-0.4, -0.2) is 41.7 Å². The summed E-state index contributed by atoms with van der Waals surface area (Å²) in [6, 6.07) is -0.226. The first-order valence-electron chi connectivity index (χ1n) is 6.40. The summed E-state index contributed by atoms with van der Waals surface area (Å²) in [4.78, 5) is 10.5. The van der Waals surface area contributed by atoms with Crippen LogP contribution in [-0.2, 0) is 4.79 Å². The molecule has 1 saturated heterocycles. The van der Waals surface area contributed by atoms with Crippen molar-refractivity contribution >= 4 is 18.2 Å². The molecular weight excluding hydrogens is 239 g/mol. The van der Waals surface area contributed by atoms with Crippen molar-refractivity contribution in [1.29, 1.82) is 0 Å². The monoisotopic (exact) mass is 262 g/mol. The van der Waals surface area contributed by atoms with Crippen molar-refractivity contribution in [3.05, 3.63) is 0 Å². The van der Waals surface area contributed by atoms with Gasteiger partial charge in [-0.2, -0.15) is 11.8 Å². The fourth-order valence-electron chi connectivity index (χ4n) is 2.42. The number of nitrogens with one attached hydrogen (secondary N) is 1. The molecule has 1 amide bonds. The average molecular weight is 262 g/mol. The van der Waals surface area contributed by atoms with E-state index in [1.165, 1.54) is 26.3 Å². The van der Waals surface area contributed by atoms with E-state index in [0.717, 1.165) is 23.7 Å². The van der Waals surface area contributed by atoms with Gasteiger partial charge in [-0.1, -0.05) is 32.6 Å². The molecule has 1 N–H and O–H groups in total. The molecule has 0 aromatic heterocycles. The molecule has 1 aliphatic rings. The molecule has 5 heteroatoms. The molecule has 1 heterocycles. The highest BCUT2D eigenvalue weighted by molar-refractivity contribution is 8.00. The summed E-state index contributed by atoms with van der Waals surface area (Å²) in [7, 11) is 1.45. The number of hydrogen-bond donors (Lipinski definition) is 1. The Morgan fingerprint density at radius 2 is 2.24 bits per heavy atom. The van der Waals surface area contributed by atoms with Gasteiger partial charge in [0.15, 0.2) is 0 Å². The van der Waals surface area contributed by atoms with Crippen LogP contribution in [0.15, 0.2) is 0 Å². The zero-order valence-corrected chi connectivity index (χ0v) is 11.5. The van der Waals surface area contributed by atoms with E-state index in [-0.39, 0.29) is 12.1 Å². The summed E-state index contributed by atoms with van der Waals surface area (Å²) < 4.78 is 13.5. The maximum Gasteiger partial charge on any atom is 0.207 e. The van der Waals surface area contributed by atoms with Gasteiger partial charge in [-0.05, 0) is 6.42 Å². The van der Waals surface area contributed by atoms with E-state index in [1.807, 2.05) is 0 Å². The molecule has 0 saturated carbocycles. The third-order valence-corrected chi connectivity index (χ3v) is 4.81. The molecule has 3 unspecified atom stereocenters. The first kappa shape index (κ1) is 14.8. The fraction of sp³-hybridized carbons (Fsp3) is 0.917. The van der Waals surface area contributed by atoms with Gasteiger partial charge in [-0.25, -0.2) is 0 Å². The molecule has 0 aromatic rings. The van der Waals surface area contributed by atoms with Crippen molar-refractivity contribution in [3.8, 4) is 0 Å². The molecule has 3 nitrogen and oxygen atoms in total. The van der Waals surface area contributed by atoms with E-state index in [9.17, 15) is 9.28 Å². The minimum absolute atomic E-state index is 0.0522. The quantitative estimate of drug-likeness (QED) is 0.414. The second-order valence-electron chi connectivity index (χ2n) is 4.63. The van der Waals surface area contributed by atoms with Crippen LogP contribution in [0.2, 0.25) is 0 Å². The summed E-state index contributed by atoms with van der Waals surface area (Å²) in [5.41, 5.74) is 0. The third kappa shape index (κ3) is 4.47. The molecule has 1 fully saturated rings. The highest BCUT2D eigenvalue weighted by Crippen LogP contribution is 2.34. The van der Waals surface area contributed by atoms with Crippen LogP contribution in [0.1, 0.15) is 39.0 Å². The number of halogens is 1. The van der Waals surface area contributed by atoms with Crippen molar-refractivity contribution in [3.63, 3.8) is 0 Å². The predicted octanol–water partition coefficient (Wildman–Crippen LogP) is 2.37. The van der Waals surface area contributed by atoms with E-state index in [2.05, 4.69) is 12.2 Å². The SMILES string of the molecule is CCCCCCC1SCC(NC=O)C1N(C)F. The number of nitrogens with zero attached hydrogens (tertiary/aromatic N) is 1. The number of amides is 1. The Bertz CT molecular complexity index is 229. The summed E-state index contributed by atoms with van der Waals surface area (Å²) in [6.45, 7) is 2.19. The van der Waals surface area contributed by atoms with Crippen LogP contribution in [0.5, 0.6) is 0 Å². The van der Waals surface area contributed by atoms with Gasteiger partial charge in [0.25, 0.3) is 0 Å². The van der Waals surface area contributed by atoms with Crippen LogP contribution in [0.3, 0.4) is 0 Å². The molecule has 1 rings (SSSR count). The molecule has 0 spiro atoms. The minimum Gasteiger partial charge on any atom is -0.353 e. The van der Waals surface area contributed by atoms with Gasteiger partial charge in [-0.3, -0.25) is 4.79 Å². The molecule has 1 aliphatic heterocycles. The summed E-state index contributed by atoms with van der Waals surface area (Å²) in [5, 5.41) is 3.80. The second kappa shape index (κ2) is 7.93. The second-order valence-corrected chi connectivity index (χ2v) is 5.90. The largest absolute Gasteiger partial charge is 0.353 e. The van der Waals surface area contributed by atoms with E-state index >= 15 is 0 Å².